The first-order chi connectivity index (χ1) is 9.70. The van der Waals surface area contributed by atoms with Crippen LogP contribution in [0.15, 0.2) is 48.8 Å². The minimum Gasteiger partial charge on any atom is -0.330 e. The van der Waals surface area contributed by atoms with Crippen molar-refractivity contribution in [2.75, 3.05) is 11.9 Å². The summed E-state index contributed by atoms with van der Waals surface area (Å²) in [6.07, 6.45) is 3.01. The van der Waals surface area contributed by atoms with Gasteiger partial charge in [-0.15, -0.1) is 0 Å². The Bertz CT molecular complexity index is 574. The lowest BCUT2D eigenvalue weighted by molar-refractivity contribution is -0.119. The van der Waals surface area contributed by atoms with E-state index < -0.39 is 11.7 Å². The van der Waals surface area contributed by atoms with E-state index in [0.29, 0.717) is 6.42 Å². The summed E-state index contributed by atoms with van der Waals surface area (Å²) < 4.78 is 13.4. The molecular formula is C15H16FN3O. The third-order valence-corrected chi connectivity index (χ3v) is 3.01. The van der Waals surface area contributed by atoms with Gasteiger partial charge in [-0.25, -0.2) is 4.39 Å². The Labute approximate surface area is 116 Å². The van der Waals surface area contributed by atoms with Crippen molar-refractivity contribution in [3.8, 4) is 0 Å². The smallest absolute Gasteiger partial charge is 0.229 e. The molecule has 1 aromatic heterocycles. The second-order valence-corrected chi connectivity index (χ2v) is 4.47. The van der Waals surface area contributed by atoms with Crippen LogP contribution in [-0.2, 0) is 11.2 Å². The van der Waals surface area contributed by atoms with Crippen LogP contribution in [0.4, 0.5) is 10.1 Å². The van der Waals surface area contributed by atoms with Crippen LogP contribution in [0, 0.1) is 11.7 Å². The zero-order valence-electron chi connectivity index (χ0n) is 10.9. The van der Waals surface area contributed by atoms with E-state index in [4.69, 9.17) is 5.73 Å². The fourth-order valence-electron chi connectivity index (χ4n) is 1.89. The molecule has 4 nitrogen and oxygen atoms in total. The summed E-state index contributed by atoms with van der Waals surface area (Å²) in [5.74, 6) is -1.25. The number of pyridine rings is 1. The molecular weight excluding hydrogens is 257 g/mol. The zero-order valence-corrected chi connectivity index (χ0v) is 10.9. The lowest BCUT2D eigenvalue weighted by Crippen LogP contribution is -2.31. The van der Waals surface area contributed by atoms with Crippen LogP contribution in [0.5, 0.6) is 0 Å². The zero-order chi connectivity index (χ0) is 14.4. The molecule has 1 amide bonds. The lowest BCUT2D eigenvalue weighted by Gasteiger charge is -2.15. The second-order valence-electron chi connectivity index (χ2n) is 4.47. The van der Waals surface area contributed by atoms with Crippen LogP contribution in [-0.4, -0.2) is 17.4 Å². The van der Waals surface area contributed by atoms with E-state index in [1.54, 1.807) is 0 Å². The van der Waals surface area contributed by atoms with Crippen LogP contribution in [0.25, 0.3) is 0 Å². The summed E-state index contributed by atoms with van der Waals surface area (Å²) in [5, 5.41) is 2.55. The number of carbonyl (C=O) groups is 1. The van der Waals surface area contributed by atoms with Gasteiger partial charge in [0.25, 0.3) is 0 Å². The van der Waals surface area contributed by atoms with Gasteiger partial charge in [0.15, 0.2) is 5.82 Å². The summed E-state index contributed by atoms with van der Waals surface area (Å²) in [6, 6.07) is 11.0. The first kappa shape index (κ1) is 14.1. The molecule has 0 aliphatic rings. The molecule has 2 aromatic rings. The normalized spacial score (nSPS) is 11.9. The summed E-state index contributed by atoms with van der Waals surface area (Å²) in [6.45, 7) is 0.202. The molecule has 0 saturated carbocycles. The highest BCUT2D eigenvalue weighted by Crippen LogP contribution is 2.14. The fourth-order valence-corrected chi connectivity index (χ4v) is 1.89. The number of hydrogen-bond acceptors (Lipinski definition) is 3. The van der Waals surface area contributed by atoms with Crippen molar-refractivity contribution < 1.29 is 9.18 Å². The molecule has 3 N–H and O–H groups in total. The van der Waals surface area contributed by atoms with Crippen molar-refractivity contribution in [3.63, 3.8) is 0 Å². The molecule has 0 bridgehead atoms. The molecule has 0 radical (unpaired) electrons. The molecule has 0 aliphatic heterocycles. The Morgan fingerprint density at radius 2 is 2.05 bits per heavy atom. The third-order valence-electron chi connectivity index (χ3n) is 3.01. The maximum Gasteiger partial charge on any atom is 0.229 e. The number of anilines is 1. The number of hydrogen-bond donors (Lipinski definition) is 2. The molecule has 2 rings (SSSR count). The van der Waals surface area contributed by atoms with Crippen molar-refractivity contribution >= 4 is 11.6 Å². The minimum atomic E-state index is -0.559. The van der Waals surface area contributed by atoms with E-state index in [-0.39, 0.29) is 18.1 Å². The summed E-state index contributed by atoms with van der Waals surface area (Å²) in [7, 11) is 0. The van der Waals surface area contributed by atoms with Crippen molar-refractivity contribution in [1.82, 2.24) is 4.98 Å². The van der Waals surface area contributed by atoms with E-state index in [0.717, 1.165) is 11.8 Å². The number of amides is 1. The summed E-state index contributed by atoms with van der Waals surface area (Å²) >= 11 is 0. The Kier molecular flexibility index (Phi) is 4.79. The highest BCUT2D eigenvalue weighted by molar-refractivity contribution is 5.92. The van der Waals surface area contributed by atoms with Crippen molar-refractivity contribution in [2.45, 2.75) is 6.42 Å². The van der Waals surface area contributed by atoms with E-state index in [1.807, 2.05) is 30.3 Å². The van der Waals surface area contributed by atoms with Crippen molar-refractivity contribution in [2.24, 2.45) is 11.7 Å². The maximum atomic E-state index is 13.4. The predicted octanol–water partition coefficient (Wildman–Crippen LogP) is 1.98. The molecule has 0 fully saturated rings. The van der Waals surface area contributed by atoms with Gasteiger partial charge in [0, 0.05) is 12.7 Å². The van der Waals surface area contributed by atoms with Gasteiger partial charge in [0.2, 0.25) is 5.91 Å². The number of aromatic nitrogens is 1. The molecule has 104 valence electrons. The van der Waals surface area contributed by atoms with Gasteiger partial charge in [0.05, 0.1) is 17.8 Å². The number of rotatable bonds is 5. The standard InChI is InChI=1S/C15H16FN3O/c16-13-10-18-7-6-14(13)19-15(20)12(9-17)8-11-4-2-1-3-5-11/h1-7,10,12H,8-9,17H2,(H,18,19,20). The Morgan fingerprint density at radius 3 is 2.70 bits per heavy atom. The third kappa shape index (κ3) is 3.61. The topological polar surface area (TPSA) is 68.0 Å². The number of halogens is 1. The van der Waals surface area contributed by atoms with Gasteiger partial charge in [-0.3, -0.25) is 9.78 Å². The largest absolute Gasteiger partial charge is 0.330 e. The molecule has 5 heteroatoms. The van der Waals surface area contributed by atoms with Crippen LogP contribution >= 0.6 is 0 Å². The second kappa shape index (κ2) is 6.77. The predicted molar refractivity (Wildman–Crippen MR) is 75.5 cm³/mol. The SMILES string of the molecule is NCC(Cc1ccccc1)C(=O)Nc1ccncc1F. The molecule has 20 heavy (non-hydrogen) atoms. The molecule has 1 heterocycles. The van der Waals surface area contributed by atoms with Crippen LogP contribution in [0.1, 0.15) is 5.56 Å². The first-order valence-electron chi connectivity index (χ1n) is 6.35. The Balaban J connectivity index is 2.04. The number of nitrogens with one attached hydrogen (secondary N) is 1. The van der Waals surface area contributed by atoms with Crippen LogP contribution in [0.3, 0.4) is 0 Å². The van der Waals surface area contributed by atoms with E-state index >= 15 is 0 Å². The lowest BCUT2D eigenvalue weighted by atomic mass is 9.98. The summed E-state index contributed by atoms with van der Waals surface area (Å²) in [5.41, 5.74) is 6.79. The van der Waals surface area contributed by atoms with Crippen molar-refractivity contribution in [1.29, 1.82) is 0 Å². The van der Waals surface area contributed by atoms with Gasteiger partial charge >= 0.3 is 0 Å². The van der Waals surface area contributed by atoms with E-state index in [9.17, 15) is 9.18 Å². The molecule has 1 aromatic carbocycles. The van der Waals surface area contributed by atoms with E-state index in [2.05, 4.69) is 10.3 Å². The van der Waals surface area contributed by atoms with Crippen LogP contribution in [0.2, 0.25) is 0 Å². The molecule has 1 atom stereocenters. The first-order valence-corrected chi connectivity index (χ1v) is 6.35. The maximum absolute atomic E-state index is 13.4. The van der Waals surface area contributed by atoms with Gasteiger partial charge < -0.3 is 11.1 Å². The van der Waals surface area contributed by atoms with E-state index in [1.165, 1.54) is 12.3 Å². The molecule has 0 spiro atoms. The van der Waals surface area contributed by atoms with Gasteiger partial charge in [-0.1, -0.05) is 30.3 Å². The average Bonchev–Trinajstić information content (AvgIpc) is 2.48. The number of benzene rings is 1. The van der Waals surface area contributed by atoms with Crippen molar-refractivity contribution in [3.05, 3.63) is 60.2 Å². The number of nitrogens with zero attached hydrogens (tertiary/aromatic N) is 1. The van der Waals surface area contributed by atoms with Gasteiger partial charge in [-0.05, 0) is 18.1 Å². The molecule has 1 unspecified atom stereocenters. The molecule has 0 aliphatic carbocycles. The quantitative estimate of drug-likeness (QED) is 0.875. The molecule has 0 saturated heterocycles. The fraction of sp³-hybridized carbons (Fsp3) is 0.200. The monoisotopic (exact) mass is 273 g/mol. The Morgan fingerprint density at radius 1 is 1.30 bits per heavy atom. The highest BCUT2D eigenvalue weighted by atomic mass is 19.1. The highest BCUT2D eigenvalue weighted by Gasteiger charge is 2.18. The number of carbonyl (C=O) groups excluding carboxylic acids is 1. The van der Waals surface area contributed by atoms with Gasteiger partial charge in [-0.2, -0.15) is 0 Å². The number of nitrogens with two attached hydrogens (primary N) is 1. The minimum absolute atomic E-state index is 0.122. The van der Waals surface area contributed by atoms with Gasteiger partial charge in [0.1, 0.15) is 0 Å². The average molecular weight is 273 g/mol. The summed E-state index contributed by atoms with van der Waals surface area (Å²) in [4.78, 5) is 15.8. The van der Waals surface area contributed by atoms with Crippen LogP contribution < -0.4 is 11.1 Å². The Hall–Kier alpha value is -2.27.